The third-order valence-corrected chi connectivity index (χ3v) is 4.89. The molecule has 2 aliphatic carbocycles. The van der Waals surface area contributed by atoms with Crippen LogP contribution in [0.5, 0.6) is 0 Å². The molecule has 0 heterocycles. The number of benzene rings is 1. The van der Waals surface area contributed by atoms with E-state index in [1.165, 1.54) is 61.6 Å². The maximum absolute atomic E-state index is 11.1. The largest absolute Gasteiger partial charge is 0.481 e. The third-order valence-electron chi connectivity index (χ3n) is 4.89. The predicted molar refractivity (Wildman–Crippen MR) is 83.6 cm³/mol. The van der Waals surface area contributed by atoms with E-state index in [9.17, 15) is 4.79 Å². The highest BCUT2D eigenvalue weighted by molar-refractivity contribution is 5.67. The number of carbonyl (C=O) groups is 1. The van der Waals surface area contributed by atoms with E-state index in [2.05, 4.69) is 23.5 Å². The van der Waals surface area contributed by atoms with Crippen LogP contribution in [0.4, 0.5) is 0 Å². The first kappa shape index (κ1) is 14.6. The van der Waals surface area contributed by atoms with E-state index in [1.807, 2.05) is 0 Å². The Morgan fingerprint density at radius 2 is 1.95 bits per heavy atom. The highest BCUT2D eigenvalue weighted by Gasteiger charge is 2.22. The third kappa shape index (κ3) is 3.85. The molecule has 1 aromatic carbocycles. The molecule has 1 unspecified atom stereocenters. The van der Waals surface area contributed by atoms with Crippen molar-refractivity contribution in [1.82, 2.24) is 5.32 Å². The number of aryl methyl sites for hydroxylation is 2. The maximum atomic E-state index is 11.1. The van der Waals surface area contributed by atoms with Gasteiger partial charge in [-0.05, 0) is 55.2 Å². The molecule has 0 aliphatic heterocycles. The summed E-state index contributed by atoms with van der Waals surface area (Å²) in [6.07, 6.45) is 9.63. The van der Waals surface area contributed by atoms with Crippen molar-refractivity contribution >= 4 is 5.97 Å². The van der Waals surface area contributed by atoms with Crippen LogP contribution in [0, 0.1) is 0 Å². The van der Waals surface area contributed by atoms with E-state index in [-0.39, 0.29) is 12.5 Å². The second-order valence-electron chi connectivity index (χ2n) is 6.60. The zero-order chi connectivity index (χ0) is 14.7. The van der Waals surface area contributed by atoms with Crippen molar-refractivity contribution in [3.8, 4) is 0 Å². The van der Waals surface area contributed by atoms with E-state index in [4.69, 9.17) is 5.11 Å². The van der Waals surface area contributed by atoms with Crippen LogP contribution in [0.1, 0.15) is 55.2 Å². The van der Waals surface area contributed by atoms with Gasteiger partial charge in [-0.1, -0.05) is 31.0 Å². The summed E-state index contributed by atoms with van der Waals surface area (Å²) in [5.74, 6) is -0.702. The van der Waals surface area contributed by atoms with Gasteiger partial charge in [-0.15, -0.1) is 0 Å². The molecular weight excluding hydrogens is 262 g/mol. The minimum atomic E-state index is -0.702. The summed E-state index contributed by atoms with van der Waals surface area (Å²) in [5.41, 5.74) is 4.24. The standard InChI is InChI=1S/C18H25NO2/c20-18(21)12-17(19-16-6-1-2-7-16)11-13-8-9-14-4-3-5-15(14)10-13/h8-10,16-17,19H,1-7,11-12H2,(H,20,21). The number of rotatable bonds is 6. The first-order valence-corrected chi connectivity index (χ1v) is 8.29. The lowest BCUT2D eigenvalue weighted by atomic mass is 9.98. The summed E-state index contributed by atoms with van der Waals surface area (Å²) < 4.78 is 0. The molecule has 0 saturated heterocycles. The van der Waals surface area contributed by atoms with Crippen LogP contribution in [-0.4, -0.2) is 23.2 Å². The minimum absolute atomic E-state index is 0.0602. The maximum Gasteiger partial charge on any atom is 0.304 e. The fourth-order valence-electron chi connectivity index (χ4n) is 3.86. The van der Waals surface area contributed by atoms with Crippen LogP contribution in [0.15, 0.2) is 18.2 Å². The van der Waals surface area contributed by atoms with E-state index >= 15 is 0 Å². The molecule has 3 rings (SSSR count). The Morgan fingerprint density at radius 1 is 1.19 bits per heavy atom. The molecule has 1 saturated carbocycles. The Hall–Kier alpha value is -1.35. The zero-order valence-corrected chi connectivity index (χ0v) is 12.6. The second kappa shape index (κ2) is 6.61. The summed E-state index contributed by atoms with van der Waals surface area (Å²) in [5, 5.41) is 12.7. The topological polar surface area (TPSA) is 49.3 Å². The number of hydrogen-bond acceptors (Lipinski definition) is 2. The molecule has 21 heavy (non-hydrogen) atoms. The first-order valence-electron chi connectivity index (χ1n) is 8.29. The summed E-state index contributed by atoms with van der Waals surface area (Å²) in [4.78, 5) is 11.1. The quantitative estimate of drug-likeness (QED) is 0.845. The van der Waals surface area contributed by atoms with Crippen LogP contribution in [0.2, 0.25) is 0 Å². The highest BCUT2D eigenvalue weighted by Crippen LogP contribution is 2.24. The van der Waals surface area contributed by atoms with Crippen LogP contribution in [0.25, 0.3) is 0 Å². The smallest absolute Gasteiger partial charge is 0.304 e. The molecule has 0 amide bonds. The summed E-state index contributed by atoms with van der Waals surface area (Å²) in [6.45, 7) is 0. The van der Waals surface area contributed by atoms with Crippen molar-refractivity contribution in [2.75, 3.05) is 0 Å². The molecule has 114 valence electrons. The van der Waals surface area contributed by atoms with Crippen molar-refractivity contribution in [2.45, 2.75) is 69.9 Å². The van der Waals surface area contributed by atoms with E-state index in [1.54, 1.807) is 0 Å². The lowest BCUT2D eigenvalue weighted by Crippen LogP contribution is -2.39. The molecule has 3 nitrogen and oxygen atoms in total. The fraction of sp³-hybridized carbons (Fsp3) is 0.611. The van der Waals surface area contributed by atoms with Gasteiger partial charge in [0.25, 0.3) is 0 Å². The Balaban J connectivity index is 1.66. The average Bonchev–Trinajstić information content (AvgIpc) is 3.08. The van der Waals surface area contributed by atoms with Crippen molar-refractivity contribution in [1.29, 1.82) is 0 Å². The van der Waals surface area contributed by atoms with E-state index in [0.29, 0.717) is 6.04 Å². The number of hydrogen-bond donors (Lipinski definition) is 2. The van der Waals surface area contributed by atoms with Gasteiger partial charge < -0.3 is 10.4 Å². The van der Waals surface area contributed by atoms with Crippen molar-refractivity contribution in [3.63, 3.8) is 0 Å². The monoisotopic (exact) mass is 287 g/mol. The van der Waals surface area contributed by atoms with Crippen molar-refractivity contribution in [3.05, 3.63) is 34.9 Å². The van der Waals surface area contributed by atoms with Gasteiger partial charge >= 0.3 is 5.97 Å². The normalized spacial score (nSPS) is 19.6. The number of carboxylic acid groups (broad SMARTS) is 1. The van der Waals surface area contributed by atoms with E-state index < -0.39 is 5.97 Å². The molecule has 2 aliphatic rings. The summed E-state index contributed by atoms with van der Waals surface area (Å²) >= 11 is 0. The molecule has 0 aromatic heterocycles. The molecule has 2 N–H and O–H groups in total. The molecule has 1 atom stereocenters. The van der Waals surface area contributed by atoms with Crippen molar-refractivity contribution < 1.29 is 9.90 Å². The Labute approximate surface area is 126 Å². The molecule has 1 fully saturated rings. The van der Waals surface area contributed by atoms with Crippen LogP contribution < -0.4 is 5.32 Å². The van der Waals surface area contributed by atoms with Gasteiger partial charge in [0.15, 0.2) is 0 Å². The lowest BCUT2D eigenvalue weighted by Gasteiger charge is -2.22. The van der Waals surface area contributed by atoms with Gasteiger partial charge in [0.2, 0.25) is 0 Å². The number of carboxylic acids is 1. The van der Waals surface area contributed by atoms with Gasteiger partial charge in [-0.2, -0.15) is 0 Å². The van der Waals surface area contributed by atoms with E-state index in [0.717, 1.165) is 6.42 Å². The number of nitrogens with one attached hydrogen (secondary N) is 1. The van der Waals surface area contributed by atoms with Crippen LogP contribution >= 0.6 is 0 Å². The summed E-state index contributed by atoms with van der Waals surface area (Å²) in [7, 11) is 0. The molecule has 1 aromatic rings. The Bertz CT molecular complexity index is 506. The molecule has 0 spiro atoms. The van der Waals surface area contributed by atoms with Crippen molar-refractivity contribution in [2.24, 2.45) is 0 Å². The van der Waals surface area contributed by atoms with Gasteiger partial charge in [-0.3, -0.25) is 4.79 Å². The predicted octanol–water partition coefficient (Wildman–Crippen LogP) is 3.09. The molecule has 3 heteroatoms. The summed E-state index contributed by atoms with van der Waals surface area (Å²) in [6, 6.07) is 7.31. The second-order valence-corrected chi connectivity index (χ2v) is 6.60. The first-order chi connectivity index (χ1) is 10.2. The average molecular weight is 287 g/mol. The molecule has 0 radical (unpaired) electrons. The van der Waals surface area contributed by atoms with Crippen LogP contribution in [-0.2, 0) is 24.1 Å². The fourth-order valence-corrected chi connectivity index (χ4v) is 3.86. The van der Waals surface area contributed by atoms with Gasteiger partial charge in [0.05, 0.1) is 6.42 Å². The number of aliphatic carboxylic acids is 1. The molecule has 0 bridgehead atoms. The lowest BCUT2D eigenvalue weighted by molar-refractivity contribution is -0.137. The van der Waals surface area contributed by atoms with Crippen LogP contribution in [0.3, 0.4) is 0 Å². The zero-order valence-electron chi connectivity index (χ0n) is 12.6. The highest BCUT2D eigenvalue weighted by atomic mass is 16.4. The molecular formula is C18H25NO2. The number of fused-ring (bicyclic) bond motifs is 1. The minimum Gasteiger partial charge on any atom is -0.481 e. The van der Waals surface area contributed by atoms with Gasteiger partial charge in [-0.25, -0.2) is 0 Å². The van der Waals surface area contributed by atoms with Gasteiger partial charge in [0.1, 0.15) is 0 Å². The Kier molecular flexibility index (Phi) is 4.59. The SMILES string of the molecule is O=C(O)CC(Cc1ccc2c(c1)CCC2)NC1CCCC1. The Morgan fingerprint density at radius 3 is 2.71 bits per heavy atom. The van der Waals surface area contributed by atoms with Gasteiger partial charge in [0, 0.05) is 12.1 Å².